The number of carbonyl (C=O) groups is 2. The Hall–Kier alpha value is -1.95. The maximum atomic E-state index is 11.6. The fraction of sp³-hybridized carbons (Fsp3) is 0.385. The van der Waals surface area contributed by atoms with Gasteiger partial charge in [0.1, 0.15) is 11.3 Å². The Bertz CT molecular complexity index is 504. The number of amides is 1. The maximum Gasteiger partial charge on any atom is 0.411 e. The summed E-state index contributed by atoms with van der Waals surface area (Å²) in [5, 5.41) is 2.65. The van der Waals surface area contributed by atoms with Crippen LogP contribution in [0, 0.1) is 0 Å². The van der Waals surface area contributed by atoms with Gasteiger partial charge in [0, 0.05) is 6.07 Å². The molecule has 0 saturated carbocycles. The van der Waals surface area contributed by atoms with Gasteiger partial charge in [0.2, 0.25) is 0 Å². The largest absolute Gasteiger partial charge is 0.493 e. The highest BCUT2D eigenvalue weighted by atomic mass is 35.5. The Morgan fingerprint density at radius 1 is 1.25 bits per heavy atom. The molecule has 1 aromatic carbocycles. The van der Waals surface area contributed by atoms with Crippen LogP contribution >= 0.6 is 11.6 Å². The highest BCUT2D eigenvalue weighted by Crippen LogP contribution is 2.31. The molecule has 0 atom stereocenters. The summed E-state index contributed by atoms with van der Waals surface area (Å²) >= 11 is 6.01. The van der Waals surface area contributed by atoms with Crippen molar-refractivity contribution in [2.45, 2.75) is 13.8 Å². The van der Waals surface area contributed by atoms with Crippen LogP contribution in [0.3, 0.4) is 0 Å². The summed E-state index contributed by atoms with van der Waals surface area (Å²) in [6, 6.07) is 2.83. The van der Waals surface area contributed by atoms with Crippen molar-refractivity contribution in [1.29, 1.82) is 0 Å². The second kappa shape index (κ2) is 7.59. The summed E-state index contributed by atoms with van der Waals surface area (Å²) in [5.41, 5.74) is 0.481. The van der Waals surface area contributed by atoms with E-state index in [0.717, 1.165) is 0 Å². The molecule has 110 valence electrons. The van der Waals surface area contributed by atoms with Crippen LogP contribution in [0.2, 0.25) is 5.02 Å². The molecule has 6 nitrogen and oxygen atoms in total. The van der Waals surface area contributed by atoms with E-state index in [9.17, 15) is 9.59 Å². The van der Waals surface area contributed by atoms with E-state index in [1.807, 2.05) is 0 Å². The molecule has 1 aromatic rings. The average molecular weight is 302 g/mol. The standard InChI is InChI=1S/C13H16ClNO5/c1-4-19-11-7-10(15-13(17)20-5-2)9(14)6-8(11)12(16)18-3/h6-7H,4-5H2,1-3H3,(H,15,17). The number of halogens is 1. The van der Waals surface area contributed by atoms with Gasteiger partial charge < -0.3 is 14.2 Å². The minimum atomic E-state index is -0.636. The Morgan fingerprint density at radius 3 is 2.50 bits per heavy atom. The summed E-state index contributed by atoms with van der Waals surface area (Å²) in [6.07, 6.45) is -0.636. The number of benzene rings is 1. The molecule has 1 N–H and O–H groups in total. The van der Waals surface area contributed by atoms with E-state index in [0.29, 0.717) is 12.3 Å². The van der Waals surface area contributed by atoms with E-state index >= 15 is 0 Å². The smallest absolute Gasteiger partial charge is 0.411 e. The minimum absolute atomic E-state index is 0.182. The van der Waals surface area contributed by atoms with E-state index in [4.69, 9.17) is 21.1 Å². The molecule has 0 heterocycles. The molecule has 0 fully saturated rings. The zero-order valence-electron chi connectivity index (χ0n) is 11.5. The van der Waals surface area contributed by atoms with Crippen molar-refractivity contribution in [2.24, 2.45) is 0 Å². The van der Waals surface area contributed by atoms with Crippen molar-refractivity contribution < 1.29 is 23.8 Å². The van der Waals surface area contributed by atoms with Gasteiger partial charge in [-0.05, 0) is 19.9 Å². The number of nitrogens with one attached hydrogen (secondary N) is 1. The summed E-state index contributed by atoms with van der Waals surface area (Å²) < 4.78 is 14.8. The average Bonchev–Trinajstić information content (AvgIpc) is 2.41. The second-order valence-corrected chi connectivity index (χ2v) is 4.01. The predicted molar refractivity (Wildman–Crippen MR) is 74.6 cm³/mol. The zero-order chi connectivity index (χ0) is 15.1. The van der Waals surface area contributed by atoms with Crippen LogP contribution in [0.4, 0.5) is 10.5 Å². The fourth-order valence-corrected chi connectivity index (χ4v) is 1.68. The molecule has 0 saturated heterocycles. The molecule has 0 radical (unpaired) electrons. The summed E-state index contributed by atoms with van der Waals surface area (Å²) in [6.45, 7) is 4.05. The van der Waals surface area contributed by atoms with Crippen LogP contribution in [0.25, 0.3) is 0 Å². The number of methoxy groups -OCH3 is 1. The predicted octanol–water partition coefficient (Wildman–Crippen LogP) is 3.09. The third-order valence-electron chi connectivity index (χ3n) is 2.29. The molecule has 7 heteroatoms. The number of hydrogen-bond donors (Lipinski definition) is 1. The molecule has 0 spiro atoms. The van der Waals surface area contributed by atoms with E-state index in [1.54, 1.807) is 13.8 Å². The first-order chi connectivity index (χ1) is 9.53. The topological polar surface area (TPSA) is 73.9 Å². The highest BCUT2D eigenvalue weighted by Gasteiger charge is 2.18. The number of rotatable bonds is 5. The molecular formula is C13H16ClNO5. The molecular weight excluding hydrogens is 286 g/mol. The van der Waals surface area contributed by atoms with Crippen molar-refractivity contribution >= 4 is 29.4 Å². The first kappa shape index (κ1) is 16.1. The lowest BCUT2D eigenvalue weighted by atomic mass is 10.1. The molecule has 0 aliphatic rings. The molecule has 0 unspecified atom stereocenters. The van der Waals surface area contributed by atoms with Crippen LogP contribution in [-0.2, 0) is 9.47 Å². The van der Waals surface area contributed by atoms with Crippen molar-refractivity contribution in [3.8, 4) is 5.75 Å². The Labute approximate surface area is 122 Å². The molecule has 20 heavy (non-hydrogen) atoms. The Morgan fingerprint density at radius 2 is 1.95 bits per heavy atom. The van der Waals surface area contributed by atoms with E-state index < -0.39 is 12.1 Å². The lowest BCUT2D eigenvalue weighted by molar-refractivity contribution is 0.0596. The van der Waals surface area contributed by atoms with Crippen LogP contribution in [0.15, 0.2) is 12.1 Å². The van der Waals surface area contributed by atoms with E-state index in [1.165, 1.54) is 19.2 Å². The van der Waals surface area contributed by atoms with Gasteiger partial charge in [0.25, 0.3) is 0 Å². The third-order valence-corrected chi connectivity index (χ3v) is 2.60. The first-order valence-corrected chi connectivity index (χ1v) is 6.39. The second-order valence-electron chi connectivity index (χ2n) is 3.60. The molecule has 0 bridgehead atoms. The van der Waals surface area contributed by atoms with Gasteiger partial charge in [-0.15, -0.1) is 0 Å². The zero-order valence-corrected chi connectivity index (χ0v) is 12.2. The molecule has 0 aromatic heterocycles. The number of hydrogen-bond acceptors (Lipinski definition) is 5. The van der Waals surface area contributed by atoms with Gasteiger partial charge in [-0.2, -0.15) is 0 Å². The quantitative estimate of drug-likeness (QED) is 0.846. The summed E-state index contributed by atoms with van der Waals surface area (Å²) in [4.78, 5) is 23.0. The van der Waals surface area contributed by atoms with Gasteiger partial charge in [-0.1, -0.05) is 11.6 Å². The van der Waals surface area contributed by atoms with Gasteiger partial charge >= 0.3 is 12.1 Å². The van der Waals surface area contributed by atoms with Gasteiger partial charge in [-0.3, -0.25) is 5.32 Å². The van der Waals surface area contributed by atoms with Crippen LogP contribution in [0.1, 0.15) is 24.2 Å². The molecule has 0 aliphatic carbocycles. The molecule has 1 rings (SSSR count). The number of esters is 1. The minimum Gasteiger partial charge on any atom is -0.493 e. The van der Waals surface area contributed by atoms with Gasteiger partial charge in [0.15, 0.2) is 0 Å². The molecule has 0 aliphatic heterocycles. The fourth-order valence-electron chi connectivity index (χ4n) is 1.47. The van der Waals surface area contributed by atoms with Crippen molar-refractivity contribution in [3.63, 3.8) is 0 Å². The third kappa shape index (κ3) is 4.03. The number of anilines is 1. The summed E-state index contributed by atoms with van der Waals surface area (Å²) in [5.74, 6) is -0.298. The summed E-state index contributed by atoms with van der Waals surface area (Å²) in [7, 11) is 1.26. The van der Waals surface area contributed by atoms with E-state index in [2.05, 4.69) is 10.1 Å². The lowest BCUT2D eigenvalue weighted by Gasteiger charge is -2.13. The monoisotopic (exact) mass is 301 g/mol. The van der Waals surface area contributed by atoms with Crippen LogP contribution in [0.5, 0.6) is 5.75 Å². The normalized spacial score (nSPS) is 9.80. The highest BCUT2D eigenvalue weighted by molar-refractivity contribution is 6.34. The number of ether oxygens (including phenoxy) is 3. The maximum absolute atomic E-state index is 11.6. The van der Waals surface area contributed by atoms with Gasteiger partial charge in [-0.25, -0.2) is 9.59 Å². The SMILES string of the molecule is CCOC(=O)Nc1cc(OCC)c(C(=O)OC)cc1Cl. The number of carbonyl (C=O) groups excluding carboxylic acids is 2. The van der Waals surface area contributed by atoms with Gasteiger partial charge in [0.05, 0.1) is 31.0 Å². The van der Waals surface area contributed by atoms with Crippen molar-refractivity contribution in [3.05, 3.63) is 22.7 Å². The van der Waals surface area contributed by atoms with Crippen LogP contribution in [-0.4, -0.2) is 32.4 Å². The first-order valence-electron chi connectivity index (χ1n) is 6.01. The Kier molecular flexibility index (Phi) is 6.11. The lowest BCUT2D eigenvalue weighted by Crippen LogP contribution is -2.14. The van der Waals surface area contributed by atoms with Crippen molar-refractivity contribution in [2.75, 3.05) is 25.6 Å². The van der Waals surface area contributed by atoms with Crippen LogP contribution < -0.4 is 10.1 Å². The Balaban J connectivity index is 3.12. The van der Waals surface area contributed by atoms with Crippen molar-refractivity contribution in [1.82, 2.24) is 0 Å². The van der Waals surface area contributed by atoms with E-state index in [-0.39, 0.29) is 22.9 Å². The molecule has 1 amide bonds.